The van der Waals surface area contributed by atoms with Crippen molar-refractivity contribution in [2.24, 2.45) is 10.7 Å². The summed E-state index contributed by atoms with van der Waals surface area (Å²) in [4.78, 5) is 4.35. The summed E-state index contributed by atoms with van der Waals surface area (Å²) in [5.74, 6) is 1.62. The number of hydrogen-bond acceptors (Lipinski definition) is 2. The largest absolute Gasteiger partial charge is 0.493 e. The van der Waals surface area contributed by atoms with E-state index < -0.39 is 0 Å². The van der Waals surface area contributed by atoms with Gasteiger partial charge in [-0.1, -0.05) is 12.1 Å². The van der Waals surface area contributed by atoms with Crippen LogP contribution < -0.4 is 15.8 Å². The van der Waals surface area contributed by atoms with E-state index in [0.29, 0.717) is 12.0 Å². The van der Waals surface area contributed by atoms with Gasteiger partial charge in [-0.2, -0.15) is 0 Å². The molecule has 1 aromatic carbocycles. The highest BCUT2D eigenvalue weighted by Crippen LogP contribution is 2.25. The molecule has 96 valence electrons. The summed E-state index contributed by atoms with van der Waals surface area (Å²) in [5, 5.41) is 3.19. The summed E-state index contributed by atoms with van der Waals surface area (Å²) < 4.78 is 5.49. The number of ether oxygens (including phenoxy) is 1. The first-order valence-corrected chi connectivity index (χ1v) is 6.62. The summed E-state index contributed by atoms with van der Waals surface area (Å²) in [6.07, 6.45) is 4.40. The van der Waals surface area contributed by atoms with Gasteiger partial charge in [-0.25, -0.2) is 0 Å². The van der Waals surface area contributed by atoms with Crippen LogP contribution in [0.5, 0.6) is 5.75 Å². The standard InChI is InChI=1S/C14H19N3O/c15-14(17-12-2-3-12)16-7-5-10-1-4-13-11(9-10)6-8-18-13/h1,4,9,12H,2-3,5-8H2,(H3,15,16,17). The van der Waals surface area contributed by atoms with Gasteiger partial charge in [0.05, 0.1) is 6.61 Å². The van der Waals surface area contributed by atoms with Crippen LogP contribution in [-0.4, -0.2) is 25.2 Å². The van der Waals surface area contributed by atoms with Gasteiger partial charge in [0.2, 0.25) is 0 Å². The highest BCUT2D eigenvalue weighted by Gasteiger charge is 2.21. The fourth-order valence-electron chi connectivity index (χ4n) is 2.18. The van der Waals surface area contributed by atoms with Crippen LogP contribution in [0.4, 0.5) is 0 Å². The SMILES string of the molecule is NC(=NCCc1ccc2c(c1)CCO2)NC1CC1. The van der Waals surface area contributed by atoms with Gasteiger partial charge >= 0.3 is 0 Å². The Hall–Kier alpha value is -1.71. The lowest BCUT2D eigenvalue weighted by Gasteiger charge is -2.04. The fraction of sp³-hybridized carbons (Fsp3) is 0.500. The van der Waals surface area contributed by atoms with Gasteiger partial charge in [0.15, 0.2) is 5.96 Å². The number of guanidine groups is 1. The lowest BCUT2D eigenvalue weighted by Crippen LogP contribution is -2.33. The molecule has 0 unspecified atom stereocenters. The Labute approximate surface area is 107 Å². The number of benzene rings is 1. The van der Waals surface area contributed by atoms with Crippen LogP contribution in [0, 0.1) is 0 Å². The molecule has 4 nitrogen and oxygen atoms in total. The molecule has 1 saturated carbocycles. The molecule has 3 N–H and O–H groups in total. The molecule has 0 aromatic heterocycles. The minimum Gasteiger partial charge on any atom is -0.493 e. The molecule has 0 saturated heterocycles. The van der Waals surface area contributed by atoms with Crippen molar-refractivity contribution >= 4 is 5.96 Å². The van der Waals surface area contributed by atoms with Gasteiger partial charge in [-0.05, 0) is 36.5 Å². The molecular formula is C14H19N3O. The molecular weight excluding hydrogens is 226 g/mol. The fourth-order valence-corrected chi connectivity index (χ4v) is 2.18. The lowest BCUT2D eigenvalue weighted by atomic mass is 10.1. The van der Waals surface area contributed by atoms with E-state index >= 15 is 0 Å². The van der Waals surface area contributed by atoms with Gasteiger partial charge < -0.3 is 15.8 Å². The van der Waals surface area contributed by atoms with E-state index in [1.54, 1.807) is 0 Å². The van der Waals surface area contributed by atoms with Gasteiger partial charge in [0.1, 0.15) is 5.75 Å². The van der Waals surface area contributed by atoms with Crippen molar-refractivity contribution in [2.45, 2.75) is 31.7 Å². The van der Waals surface area contributed by atoms with Crippen molar-refractivity contribution in [1.29, 1.82) is 0 Å². The van der Waals surface area contributed by atoms with Crippen molar-refractivity contribution in [2.75, 3.05) is 13.2 Å². The summed E-state index contributed by atoms with van der Waals surface area (Å²) in [5.41, 5.74) is 8.42. The van der Waals surface area contributed by atoms with Gasteiger partial charge in [-0.15, -0.1) is 0 Å². The predicted octanol–water partition coefficient (Wildman–Crippen LogP) is 1.23. The van der Waals surface area contributed by atoms with E-state index in [1.807, 2.05) is 0 Å². The molecule has 0 radical (unpaired) electrons. The maximum Gasteiger partial charge on any atom is 0.188 e. The number of nitrogens with two attached hydrogens (primary N) is 1. The maximum absolute atomic E-state index is 5.79. The molecule has 3 rings (SSSR count). The Morgan fingerprint density at radius 3 is 3.17 bits per heavy atom. The second-order valence-corrected chi connectivity index (χ2v) is 4.98. The first kappa shape index (κ1) is 11.4. The predicted molar refractivity (Wildman–Crippen MR) is 72.0 cm³/mol. The van der Waals surface area contributed by atoms with Crippen molar-refractivity contribution in [1.82, 2.24) is 5.32 Å². The third kappa shape index (κ3) is 2.75. The Bertz CT molecular complexity index is 466. The average Bonchev–Trinajstić information content (AvgIpc) is 3.05. The van der Waals surface area contributed by atoms with Gasteiger partial charge in [-0.3, -0.25) is 4.99 Å². The van der Waals surface area contributed by atoms with E-state index in [2.05, 4.69) is 28.5 Å². The molecule has 0 amide bonds. The quantitative estimate of drug-likeness (QED) is 0.619. The summed E-state index contributed by atoms with van der Waals surface area (Å²) >= 11 is 0. The highest BCUT2D eigenvalue weighted by molar-refractivity contribution is 5.78. The minimum absolute atomic E-state index is 0.575. The van der Waals surface area contributed by atoms with Gasteiger partial charge in [0, 0.05) is 19.0 Å². The Morgan fingerprint density at radius 1 is 1.44 bits per heavy atom. The number of nitrogens with zero attached hydrogens (tertiary/aromatic N) is 1. The first-order chi connectivity index (χ1) is 8.81. The smallest absolute Gasteiger partial charge is 0.188 e. The van der Waals surface area contributed by atoms with Crippen LogP contribution in [0.2, 0.25) is 0 Å². The number of rotatable bonds is 4. The normalized spacial score (nSPS) is 18.3. The van der Waals surface area contributed by atoms with Crippen LogP contribution in [0.3, 0.4) is 0 Å². The van der Waals surface area contributed by atoms with Gasteiger partial charge in [0.25, 0.3) is 0 Å². The maximum atomic E-state index is 5.79. The van der Waals surface area contributed by atoms with Crippen LogP contribution in [-0.2, 0) is 12.8 Å². The highest BCUT2D eigenvalue weighted by atomic mass is 16.5. The Morgan fingerprint density at radius 2 is 2.33 bits per heavy atom. The zero-order chi connectivity index (χ0) is 12.4. The zero-order valence-corrected chi connectivity index (χ0v) is 10.5. The van der Waals surface area contributed by atoms with Crippen molar-refractivity contribution < 1.29 is 4.74 Å². The summed E-state index contributed by atoms with van der Waals surface area (Å²) in [7, 11) is 0. The van der Waals surface area contributed by atoms with Crippen molar-refractivity contribution in [3.63, 3.8) is 0 Å². The van der Waals surface area contributed by atoms with Crippen molar-refractivity contribution in [3.05, 3.63) is 29.3 Å². The molecule has 1 aliphatic carbocycles. The zero-order valence-electron chi connectivity index (χ0n) is 10.5. The van der Waals surface area contributed by atoms with E-state index in [1.165, 1.54) is 24.0 Å². The van der Waals surface area contributed by atoms with Crippen molar-refractivity contribution in [3.8, 4) is 5.75 Å². The third-order valence-corrected chi connectivity index (χ3v) is 3.37. The minimum atomic E-state index is 0.575. The topological polar surface area (TPSA) is 59.6 Å². The first-order valence-electron chi connectivity index (χ1n) is 6.62. The van der Waals surface area contributed by atoms with Crippen LogP contribution in [0.1, 0.15) is 24.0 Å². The molecule has 1 aliphatic heterocycles. The Kier molecular flexibility index (Phi) is 3.09. The van der Waals surface area contributed by atoms with Crippen LogP contribution in [0.25, 0.3) is 0 Å². The summed E-state index contributed by atoms with van der Waals surface area (Å²) in [6.45, 7) is 1.56. The van der Waals surface area contributed by atoms with E-state index in [4.69, 9.17) is 10.5 Å². The molecule has 0 atom stereocenters. The molecule has 2 aliphatic rings. The molecule has 4 heteroatoms. The summed E-state index contributed by atoms with van der Waals surface area (Å²) in [6, 6.07) is 6.98. The third-order valence-electron chi connectivity index (χ3n) is 3.37. The van der Waals surface area contributed by atoms with E-state index in [0.717, 1.165) is 31.7 Å². The number of aliphatic imine (C=N–C) groups is 1. The molecule has 0 spiro atoms. The molecule has 0 bridgehead atoms. The molecule has 1 aromatic rings. The number of hydrogen-bond donors (Lipinski definition) is 2. The molecule has 1 fully saturated rings. The number of nitrogens with one attached hydrogen (secondary N) is 1. The second-order valence-electron chi connectivity index (χ2n) is 4.98. The lowest BCUT2D eigenvalue weighted by molar-refractivity contribution is 0.357. The van der Waals surface area contributed by atoms with E-state index in [9.17, 15) is 0 Å². The molecule has 18 heavy (non-hydrogen) atoms. The van der Waals surface area contributed by atoms with Crippen LogP contribution in [0.15, 0.2) is 23.2 Å². The monoisotopic (exact) mass is 245 g/mol. The average molecular weight is 245 g/mol. The molecule has 1 heterocycles. The Balaban J connectivity index is 1.53. The number of fused-ring (bicyclic) bond motifs is 1. The van der Waals surface area contributed by atoms with Crippen LogP contribution >= 0.6 is 0 Å². The van der Waals surface area contributed by atoms with E-state index in [-0.39, 0.29) is 0 Å². The second kappa shape index (κ2) is 4.88.